The second kappa shape index (κ2) is 6.60. The van der Waals surface area contributed by atoms with Gasteiger partial charge in [0.1, 0.15) is 17.3 Å². The van der Waals surface area contributed by atoms with Gasteiger partial charge in [-0.3, -0.25) is 0 Å². The first-order valence-corrected chi connectivity index (χ1v) is 8.77. The summed E-state index contributed by atoms with van der Waals surface area (Å²) >= 11 is 2.21. The zero-order chi connectivity index (χ0) is 18.3. The van der Waals surface area contributed by atoms with Crippen LogP contribution in [0.3, 0.4) is 0 Å². The van der Waals surface area contributed by atoms with Gasteiger partial charge in [-0.15, -0.1) is 0 Å². The smallest absolute Gasteiger partial charge is 0.165 e. The Hall–Kier alpha value is -2.62. The highest BCUT2D eigenvalue weighted by atomic mass is 127. The van der Waals surface area contributed by atoms with Gasteiger partial charge < -0.3 is 9.88 Å². The van der Waals surface area contributed by atoms with Gasteiger partial charge in [-0.2, -0.15) is 0 Å². The number of benzene rings is 2. The molecule has 0 radical (unpaired) electrons. The SMILES string of the molecule is Cn1cnc2c(Nc3c(F)cccc3F)nc(-c3ccc(I)cc3)nc21. The third-order valence-corrected chi connectivity index (χ3v) is 4.59. The number of aromatic nitrogens is 4. The van der Waals surface area contributed by atoms with E-state index in [0.29, 0.717) is 17.0 Å². The lowest BCUT2D eigenvalue weighted by atomic mass is 10.2. The van der Waals surface area contributed by atoms with Crippen LogP contribution in [0.4, 0.5) is 20.3 Å². The largest absolute Gasteiger partial charge is 0.333 e. The Kier molecular flexibility index (Phi) is 4.27. The van der Waals surface area contributed by atoms with E-state index in [1.165, 1.54) is 18.2 Å². The normalized spacial score (nSPS) is 11.1. The molecule has 4 rings (SSSR count). The molecule has 130 valence electrons. The topological polar surface area (TPSA) is 55.6 Å². The molecule has 5 nitrogen and oxygen atoms in total. The van der Waals surface area contributed by atoms with E-state index in [1.807, 2.05) is 24.3 Å². The van der Waals surface area contributed by atoms with Crippen molar-refractivity contribution in [3.63, 3.8) is 0 Å². The number of hydrogen-bond donors (Lipinski definition) is 1. The number of nitrogens with zero attached hydrogens (tertiary/aromatic N) is 4. The molecule has 0 unspecified atom stereocenters. The van der Waals surface area contributed by atoms with E-state index in [1.54, 1.807) is 17.9 Å². The van der Waals surface area contributed by atoms with E-state index in [0.717, 1.165) is 9.13 Å². The molecule has 26 heavy (non-hydrogen) atoms. The Morgan fingerprint density at radius 3 is 2.38 bits per heavy atom. The number of nitrogens with one attached hydrogen (secondary N) is 1. The lowest BCUT2D eigenvalue weighted by Crippen LogP contribution is -2.03. The molecule has 0 fully saturated rings. The van der Waals surface area contributed by atoms with Crippen molar-refractivity contribution in [3.8, 4) is 11.4 Å². The zero-order valence-corrected chi connectivity index (χ0v) is 15.7. The molecule has 2 aromatic carbocycles. The fourth-order valence-corrected chi connectivity index (χ4v) is 2.92. The van der Waals surface area contributed by atoms with Crippen LogP contribution in [-0.4, -0.2) is 19.5 Å². The maximum absolute atomic E-state index is 14.0. The van der Waals surface area contributed by atoms with Gasteiger partial charge in [0.05, 0.1) is 6.33 Å². The lowest BCUT2D eigenvalue weighted by Gasteiger charge is -2.10. The number of anilines is 2. The summed E-state index contributed by atoms with van der Waals surface area (Å²) in [6.07, 6.45) is 1.58. The van der Waals surface area contributed by atoms with Gasteiger partial charge in [0, 0.05) is 16.2 Å². The third kappa shape index (κ3) is 3.00. The van der Waals surface area contributed by atoms with Gasteiger partial charge in [-0.25, -0.2) is 23.7 Å². The molecule has 0 amide bonds. The van der Waals surface area contributed by atoms with E-state index in [-0.39, 0.29) is 11.5 Å². The minimum Gasteiger partial charge on any atom is -0.333 e. The first kappa shape index (κ1) is 16.8. The number of rotatable bonds is 3. The molecule has 1 N–H and O–H groups in total. The molecule has 2 heterocycles. The van der Waals surface area contributed by atoms with E-state index in [4.69, 9.17) is 0 Å². The third-order valence-electron chi connectivity index (χ3n) is 3.87. The summed E-state index contributed by atoms with van der Waals surface area (Å²) < 4.78 is 30.9. The van der Waals surface area contributed by atoms with Gasteiger partial charge >= 0.3 is 0 Å². The Bertz CT molecular complexity index is 1090. The molecule has 0 aliphatic heterocycles. The zero-order valence-electron chi connectivity index (χ0n) is 13.5. The molecule has 0 atom stereocenters. The van der Waals surface area contributed by atoms with Crippen molar-refractivity contribution in [2.24, 2.45) is 7.05 Å². The second-order valence-electron chi connectivity index (χ2n) is 5.65. The highest BCUT2D eigenvalue weighted by Gasteiger charge is 2.16. The number of aryl methyl sites for hydroxylation is 1. The average Bonchev–Trinajstić information content (AvgIpc) is 3.00. The molecule has 4 aromatic rings. The molecule has 0 spiro atoms. The predicted octanol–water partition coefficient (Wildman–Crippen LogP) is 4.66. The Balaban J connectivity index is 1.89. The van der Waals surface area contributed by atoms with Crippen molar-refractivity contribution >= 4 is 45.3 Å². The summed E-state index contributed by atoms with van der Waals surface area (Å²) in [4.78, 5) is 13.3. The molecule has 8 heteroatoms. The van der Waals surface area contributed by atoms with Crippen LogP contribution in [0.5, 0.6) is 0 Å². The number of hydrogen-bond acceptors (Lipinski definition) is 4. The van der Waals surface area contributed by atoms with Crippen molar-refractivity contribution in [3.05, 3.63) is 64.0 Å². The quantitative estimate of drug-likeness (QED) is 0.450. The van der Waals surface area contributed by atoms with Crippen LogP contribution in [0.1, 0.15) is 0 Å². The fourth-order valence-electron chi connectivity index (χ4n) is 2.56. The summed E-state index contributed by atoms with van der Waals surface area (Å²) in [5.41, 5.74) is 1.52. The fraction of sp³-hybridized carbons (Fsp3) is 0.0556. The van der Waals surface area contributed by atoms with Crippen molar-refractivity contribution in [2.45, 2.75) is 0 Å². The Morgan fingerprint density at radius 1 is 1.00 bits per heavy atom. The molecule has 0 bridgehead atoms. The van der Waals surface area contributed by atoms with Crippen LogP contribution < -0.4 is 5.32 Å². The monoisotopic (exact) mass is 463 g/mol. The predicted molar refractivity (Wildman–Crippen MR) is 104 cm³/mol. The van der Waals surface area contributed by atoms with Crippen LogP contribution in [0.25, 0.3) is 22.6 Å². The molecule has 0 aliphatic carbocycles. The van der Waals surface area contributed by atoms with Gasteiger partial charge in [-0.05, 0) is 46.9 Å². The van der Waals surface area contributed by atoms with E-state index >= 15 is 0 Å². The first-order chi connectivity index (χ1) is 12.5. The van der Waals surface area contributed by atoms with Crippen LogP contribution in [0.2, 0.25) is 0 Å². The summed E-state index contributed by atoms with van der Waals surface area (Å²) in [7, 11) is 1.80. The van der Waals surface area contributed by atoms with Gasteiger partial charge in [0.25, 0.3) is 0 Å². The average molecular weight is 463 g/mol. The molecular weight excluding hydrogens is 451 g/mol. The number of halogens is 3. The van der Waals surface area contributed by atoms with Crippen LogP contribution in [0, 0.1) is 15.2 Å². The number of para-hydroxylation sites is 1. The Morgan fingerprint density at radius 2 is 1.69 bits per heavy atom. The van der Waals surface area contributed by atoms with E-state index < -0.39 is 11.6 Å². The van der Waals surface area contributed by atoms with Crippen molar-refractivity contribution in [1.29, 1.82) is 0 Å². The van der Waals surface area contributed by atoms with Crippen LogP contribution in [-0.2, 0) is 7.05 Å². The minimum atomic E-state index is -0.705. The summed E-state index contributed by atoms with van der Waals surface area (Å²) in [5.74, 6) is -0.725. The minimum absolute atomic E-state index is 0.244. The Labute approximate surface area is 161 Å². The number of imidazole rings is 1. The molecule has 2 aromatic heterocycles. The molecular formula is C18H12F2IN5. The van der Waals surface area contributed by atoms with Crippen LogP contribution in [0.15, 0.2) is 48.8 Å². The maximum Gasteiger partial charge on any atom is 0.165 e. The van der Waals surface area contributed by atoms with Crippen LogP contribution >= 0.6 is 22.6 Å². The number of fused-ring (bicyclic) bond motifs is 1. The summed E-state index contributed by atoms with van der Waals surface area (Å²) in [6, 6.07) is 11.3. The van der Waals surface area contributed by atoms with Gasteiger partial charge in [0.2, 0.25) is 0 Å². The maximum atomic E-state index is 14.0. The van der Waals surface area contributed by atoms with Gasteiger partial charge in [-0.1, -0.05) is 18.2 Å². The van der Waals surface area contributed by atoms with Crippen molar-refractivity contribution in [1.82, 2.24) is 19.5 Å². The standard InChI is InChI=1S/C18H12F2IN5/c1-26-9-22-15-17(23-14-12(19)3-2-4-13(14)20)24-16(25-18(15)26)10-5-7-11(21)8-6-10/h2-9H,1H3,(H,23,24,25). The van der Waals surface area contributed by atoms with Crippen molar-refractivity contribution < 1.29 is 8.78 Å². The van der Waals surface area contributed by atoms with Crippen molar-refractivity contribution in [2.75, 3.05) is 5.32 Å². The molecule has 0 aliphatic rings. The van der Waals surface area contributed by atoms with Gasteiger partial charge in [0.15, 0.2) is 22.8 Å². The summed E-state index contributed by atoms with van der Waals surface area (Å²) in [6.45, 7) is 0. The highest BCUT2D eigenvalue weighted by molar-refractivity contribution is 14.1. The second-order valence-corrected chi connectivity index (χ2v) is 6.90. The van der Waals surface area contributed by atoms with E-state index in [2.05, 4.69) is 42.9 Å². The molecule has 0 saturated carbocycles. The first-order valence-electron chi connectivity index (χ1n) is 7.69. The highest BCUT2D eigenvalue weighted by Crippen LogP contribution is 2.28. The summed E-state index contributed by atoms with van der Waals surface area (Å²) in [5, 5.41) is 2.74. The molecule has 0 saturated heterocycles. The van der Waals surface area contributed by atoms with E-state index in [9.17, 15) is 8.78 Å². The lowest BCUT2D eigenvalue weighted by molar-refractivity contribution is 0.590.